The Morgan fingerprint density at radius 2 is 1.53 bits per heavy atom. The number of hydrogen-bond acceptors (Lipinski definition) is 4. The van der Waals surface area contributed by atoms with Gasteiger partial charge >= 0.3 is 5.69 Å². The van der Waals surface area contributed by atoms with Crippen molar-refractivity contribution in [1.29, 1.82) is 0 Å². The number of amides is 1. The Balaban J connectivity index is 1.94. The van der Waals surface area contributed by atoms with E-state index in [1.54, 1.807) is 26.1 Å². The van der Waals surface area contributed by atoms with E-state index in [0.29, 0.717) is 28.3 Å². The summed E-state index contributed by atoms with van der Waals surface area (Å²) in [5.74, 6) is -0.510. The van der Waals surface area contributed by atoms with Gasteiger partial charge in [-0.2, -0.15) is 0 Å². The van der Waals surface area contributed by atoms with Crippen molar-refractivity contribution in [3.63, 3.8) is 0 Å². The fourth-order valence-electron chi connectivity index (χ4n) is 3.89. The van der Waals surface area contributed by atoms with E-state index in [4.69, 9.17) is 0 Å². The molecule has 1 atom stereocenters. The molecule has 1 aliphatic rings. The number of carbonyl (C=O) groups excluding carboxylic acids is 1. The van der Waals surface area contributed by atoms with Gasteiger partial charge in [-0.25, -0.2) is 4.79 Å². The van der Waals surface area contributed by atoms with Gasteiger partial charge in [-0.1, -0.05) is 48.5 Å². The topological polar surface area (TPSA) is 85.1 Å². The van der Waals surface area contributed by atoms with E-state index in [1.807, 2.05) is 48.5 Å². The summed E-state index contributed by atoms with van der Waals surface area (Å²) < 4.78 is 2.48. The Labute approximate surface area is 173 Å². The van der Waals surface area contributed by atoms with Gasteiger partial charge in [0.25, 0.3) is 11.5 Å². The van der Waals surface area contributed by atoms with Crippen molar-refractivity contribution in [2.75, 3.05) is 10.6 Å². The van der Waals surface area contributed by atoms with Crippen LogP contribution in [-0.4, -0.2) is 15.0 Å². The van der Waals surface area contributed by atoms with Crippen LogP contribution < -0.4 is 21.9 Å². The molecule has 0 saturated heterocycles. The molecule has 152 valence electrons. The van der Waals surface area contributed by atoms with Crippen LogP contribution in [0.4, 0.5) is 11.5 Å². The van der Waals surface area contributed by atoms with Gasteiger partial charge in [-0.3, -0.25) is 18.7 Å². The number of anilines is 2. The highest BCUT2D eigenvalue weighted by molar-refractivity contribution is 6.07. The lowest BCUT2D eigenvalue weighted by Crippen LogP contribution is -2.43. The first-order valence-corrected chi connectivity index (χ1v) is 9.59. The fraction of sp³-hybridized carbons (Fsp3) is 0.174. The zero-order valence-electron chi connectivity index (χ0n) is 17.0. The van der Waals surface area contributed by atoms with Crippen molar-refractivity contribution in [2.24, 2.45) is 14.1 Å². The van der Waals surface area contributed by atoms with Gasteiger partial charge in [0.05, 0.1) is 11.5 Å². The number of fused-ring (bicyclic) bond motifs is 1. The SMILES string of the molecule is CC1=C(C(=O)Nc2ccccc2)[C@@H](c2ccccc2)c2c(n(C)c(=O)n(C)c2=O)N1. The summed E-state index contributed by atoms with van der Waals surface area (Å²) in [6.07, 6.45) is 0. The molecule has 0 bridgehead atoms. The number of para-hydroxylation sites is 1. The molecule has 2 aromatic carbocycles. The van der Waals surface area contributed by atoms with Gasteiger partial charge in [-0.15, -0.1) is 0 Å². The predicted molar refractivity (Wildman–Crippen MR) is 117 cm³/mol. The molecular weight excluding hydrogens is 380 g/mol. The Bertz CT molecular complexity index is 1270. The number of rotatable bonds is 3. The van der Waals surface area contributed by atoms with Crippen molar-refractivity contribution < 1.29 is 4.79 Å². The molecule has 2 N–H and O–H groups in total. The number of hydrogen-bond donors (Lipinski definition) is 2. The fourth-order valence-corrected chi connectivity index (χ4v) is 3.89. The lowest BCUT2D eigenvalue weighted by atomic mass is 9.81. The molecule has 0 spiro atoms. The van der Waals surface area contributed by atoms with Crippen LogP contribution in [0, 0.1) is 0 Å². The zero-order chi connectivity index (χ0) is 21.4. The van der Waals surface area contributed by atoms with Crippen LogP contribution in [0.15, 0.2) is 81.5 Å². The molecule has 0 fully saturated rings. The quantitative estimate of drug-likeness (QED) is 0.705. The molecular formula is C23H22N4O3. The highest BCUT2D eigenvalue weighted by atomic mass is 16.2. The third kappa shape index (κ3) is 3.14. The summed E-state index contributed by atoms with van der Waals surface area (Å²) in [4.78, 5) is 39.0. The Morgan fingerprint density at radius 3 is 2.17 bits per heavy atom. The van der Waals surface area contributed by atoms with E-state index < -0.39 is 17.2 Å². The van der Waals surface area contributed by atoms with E-state index in [1.165, 1.54) is 11.6 Å². The monoisotopic (exact) mass is 402 g/mol. The van der Waals surface area contributed by atoms with E-state index >= 15 is 0 Å². The van der Waals surface area contributed by atoms with Gasteiger partial charge in [0, 0.05) is 31.1 Å². The summed E-state index contributed by atoms with van der Waals surface area (Å²) in [5, 5.41) is 6.04. The minimum absolute atomic E-state index is 0.304. The van der Waals surface area contributed by atoms with E-state index in [-0.39, 0.29) is 5.91 Å². The van der Waals surface area contributed by atoms with Crippen molar-refractivity contribution in [3.05, 3.63) is 104 Å². The largest absolute Gasteiger partial charge is 0.344 e. The number of aromatic nitrogens is 2. The van der Waals surface area contributed by atoms with Gasteiger partial charge in [0.15, 0.2) is 0 Å². The second-order valence-corrected chi connectivity index (χ2v) is 7.30. The van der Waals surface area contributed by atoms with Crippen molar-refractivity contribution >= 4 is 17.4 Å². The molecule has 1 aliphatic heterocycles. The maximum Gasteiger partial charge on any atom is 0.332 e. The van der Waals surface area contributed by atoms with Crippen LogP contribution in [-0.2, 0) is 18.9 Å². The maximum atomic E-state index is 13.3. The molecule has 30 heavy (non-hydrogen) atoms. The summed E-state index contributed by atoms with van der Waals surface area (Å²) >= 11 is 0. The summed E-state index contributed by atoms with van der Waals surface area (Å²) in [6.45, 7) is 1.78. The molecule has 2 heterocycles. The molecule has 0 unspecified atom stereocenters. The third-order valence-corrected chi connectivity index (χ3v) is 5.40. The molecule has 0 aliphatic carbocycles. The molecule has 4 rings (SSSR count). The normalized spacial score (nSPS) is 15.4. The number of benzene rings is 2. The number of allylic oxidation sites excluding steroid dienone is 1. The van der Waals surface area contributed by atoms with Crippen LogP contribution in [0.25, 0.3) is 0 Å². The Kier molecular flexibility index (Phi) is 4.87. The molecule has 1 aromatic heterocycles. The summed E-state index contributed by atoms with van der Waals surface area (Å²) in [7, 11) is 3.06. The molecule has 7 nitrogen and oxygen atoms in total. The lowest BCUT2D eigenvalue weighted by molar-refractivity contribution is -0.113. The van der Waals surface area contributed by atoms with Crippen molar-refractivity contribution in [3.8, 4) is 0 Å². The molecule has 0 radical (unpaired) electrons. The van der Waals surface area contributed by atoms with Crippen LogP contribution in [0.1, 0.15) is 24.0 Å². The first kappa shape index (κ1) is 19.4. The first-order chi connectivity index (χ1) is 14.4. The standard InChI is InChI=1S/C23H22N4O3/c1-14-17(21(28)25-16-12-8-5-9-13-16)18(15-10-6-4-7-11-15)19-20(24-14)26(2)23(30)27(3)22(19)29/h4-13,18,24H,1-3H3,(H,25,28)/t18-/m1/s1. The smallest absolute Gasteiger partial charge is 0.332 e. The first-order valence-electron chi connectivity index (χ1n) is 9.59. The molecule has 7 heteroatoms. The maximum absolute atomic E-state index is 13.3. The Morgan fingerprint density at radius 1 is 0.933 bits per heavy atom. The highest BCUT2D eigenvalue weighted by Gasteiger charge is 2.36. The molecule has 0 saturated carbocycles. The van der Waals surface area contributed by atoms with E-state index in [9.17, 15) is 14.4 Å². The van der Waals surface area contributed by atoms with Crippen LogP contribution >= 0.6 is 0 Å². The highest BCUT2D eigenvalue weighted by Crippen LogP contribution is 2.39. The van der Waals surface area contributed by atoms with Gasteiger partial charge in [0.1, 0.15) is 5.82 Å². The zero-order valence-corrected chi connectivity index (χ0v) is 17.0. The molecule has 3 aromatic rings. The molecule has 1 amide bonds. The average Bonchev–Trinajstić information content (AvgIpc) is 2.76. The average molecular weight is 402 g/mol. The summed E-state index contributed by atoms with van der Waals surface area (Å²) in [6, 6.07) is 18.5. The second kappa shape index (κ2) is 7.51. The number of carbonyl (C=O) groups is 1. The third-order valence-electron chi connectivity index (χ3n) is 5.40. The van der Waals surface area contributed by atoms with Gasteiger partial charge < -0.3 is 10.6 Å². The minimum Gasteiger partial charge on any atom is -0.344 e. The van der Waals surface area contributed by atoms with Gasteiger partial charge in [-0.05, 0) is 24.6 Å². The van der Waals surface area contributed by atoms with Crippen molar-refractivity contribution in [1.82, 2.24) is 9.13 Å². The Hall–Kier alpha value is -3.87. The number of nitrogens with one attached hydrogen (secondary N) is 2. The van der Waals surface area contributed by atoms with E-state index in [0.717, 1.165) is 10.1 Å². The van der Waals surface area contributed by atoms with E-state index in [2.05, 4.69) is 10.6 Å². The lowest BCUT2D eigenvalue weighted by Gasteiger charge is -2.31. The van der Waals surface area contributed by atoms with Crippen LogP contribution in [0.2, 0.25) is 0 Å². The van der Waals surface area contributed by atoms with Gasteiger partial charge in [0.2, 0.25) is 0 Å². The second-order valence-electron chi connectivity index (χ2n) is 7.30. The van der Waals surface area contributed by atoms with Crippen LogP contribution in [0.5, 0.6) is 0 Å². The minimum atomic E-state index is -0.614. The predicted octanol–water partition coefficient (Wildman–Crippen LogP) is 2.55. The van der Waals surface area contributed by atoms with Crippen molar-refractivity contribution in [2.45, 2.75) is 12.8 Å². The number of nitrogens with zero attached hydrogens (tertiary/aromatic N) is 2. The van der Waals surface area contributed by atoms with Crippen LogP contribution in [0.3, 0.4) is 0 Å². The summed E-state index contributed by atoms with van der Waals surface area (Å²) in [5.41, 5.74) is 2.01.